The van der Waals surface area contributed by atoms with Crippen molar-refractivity contribution in [2.75, 3.05) is 13.1 Å². The number of nitrogens with one attached hydrogen (secondary N) is 1. The average molecular weight is 409 g/mol. The van der Waals surface area contributed by atoms with Crippen molar-refractivity contribution in [3.05, 3.63) is 66.7 Å². The predicted octanol–water partition coefficient (Wildman–Crippen LogP) is 4.80. The minimum atomic E-state index is -1.31. The van der Waals surface area contributed by atoms with Crippen LogP contribution in [0.4, 0.5) is 4.39 Å². The van der Waals surface area contributed by atoms with Crippen molar-refractivity contribution in [3.63, 3.8) is 0 Å². The maximum atomic E-state index is 15.0. The van der Waals surface area contributed by atoms with Crippen LogP contribution in [0, 0.1) is 5.82 Å². The van der Waals surface area contributed by atoms with Crippen LogP contribution in [0.15, 0.2) is 65.8 Å². The van der Waals surface area contributed by atoms with E-state index in [2.05, 4.69) is 15.0 Å². The third kappa shape index (κ3) is 3.76. The molecule has 1 unspecified atom stereocenters. The number of H-pyrrole nitrogens is 1. The Morgan fingerprint density at radius 3 is 2.62 bits per heavy atom. The first kappa shape index (κ1) is 19.6. The Bertz CT molecular complexity index is 1140. The topological polar surface area (TPSA) is 67.9 Å². The van der Waals surface area contributed by atoms with Gasteiger partial charge in [0.15, 0.2) is 10.5 Å². The third-order valence-corrected chi connectivity index (χ3v) is 6.55. The number of nitrogens with zero attached hydrogens (tertiary/aromatic N) is 3. The van der Waals surface area contributed by atoms with Crippen LogP contribution in [0.1, 0.15) is 13.8 Å². The second-order valence-corrected chi connectivity index (χ2v) is 7.98. The molecule has 0 radical (unpaired) electrons. The molecule has 29 heavy (non-hydrogen) atoms. The highest BCUT2D eigenvalue weighted by atomic mass is 32.2. The van der Waals surface area contributed by atoms with Crippen LogP contribution < -0.4 is 0 Å². The van der Waals surface area contributed by atoms with Gasteiger partial charge in [0.1, 0.15) is 11.3 Å². The van der Waals surface area contributed by atoms with Gasteiger partial charge >= 0.3 is 0 Å². The first-order valence-corrected chi connectivity index (χ1v) is 10.6. The minimum Gasteiger partial charge on any atom is -0.593 e. The van der Waals surface area contributed by atoms with E-state index in [1.54, 1.807) is 24.5 Å². The second-order valence-electron chi connectivity index (χ2n) is 6.52. The van der Waals surface area contributed by atoms with E-state index in [1.807, 2.05) is 48.5 Å². The van der Waals surface area contributed by atoms with Gasteiger partial charge in [-0.3, -0.25) is 0 Å². The molecule has 0 saturated heterocycles. The van der Waals surface area contributed by atoms with E-state index in [4.69, 9.17) is 0 Å². The number of rotatable bonds is 6. The molecule has 2 aromatic carbocycles. The van der Waals surface area contributed by atoms with E-state index in [0.717, 1.165) is 5.56 Å². The fourth-order valence-corrected chi connectivity index (χ4v) is 4.62. The lowest BCUT2D eigenvalue weighted by Crippen LogP contribution is -2.31. The lowest BCUT2D eigenvalue weighted by atomic mass is 10.0. The maximum Gasteiger partial charge on any atom is 0.181 e. The van der Waals surface area contributed by atoms with Gasteiger partial charge in [0.05, 0.1) is 23.3 Å². The number of aromatic nitrogens is 3. The Labute approximate surface area is 171 Å². The van der Waals surface area contributed by atoms with Gasteiger partial charge in [-0.15, -0.1) is 4.31 Å². The minimum absolute atomic E-state index is 0.381. The number of aromatic amines is 1. The molecule has 0 saturated carbocycles. The molecule has 4 rings (SSSR count). The van der Waals surface area contributed by atoms with Gasteiger partial charge in [-0.2, -0.15) is 0 Å². The average Bonchev–Trinajstić information content (AvgIpc) is 3.22. The first-order chi connectivity index (χ1) is 14.1. The number of hydrogen-bond acceptors (Lipinski definition) is 4. The lowest BCUT2D eigenvalue weighted by Gasteiger charge is -2.22. The molecule has 0 aliphatic heterocycles. The van der Waals surface area contributed by atoms with E-state index in [9.17, 15) is 4.55 Å². The summed E-state index contributed by atoms with van der Waals surface area (Å²) in [5, 5.41) is 0. The van der Waals surface area contributed by atoms with Gasteiger partial charge in [0.25, 0.3) is 0 Å². The third-order valence-electron chi connectivity index (χ3n) is 4.83. The van der Waals surface area contributed by atoms with Crippen LogP contribution in [0.25, 0.3) is 33.5 Å². The van der Waals surface area contributed by atoms with Gasteiger partial charge < -0.3 is 9.54 Å². The molecule has 0 fully saturated rings. The van der Waals surface area contributed by atoms with Crippen molar-refractivity contribution in [1.29, 1.82) is 0 Å². The van der Waals surface area contributed by atoms with Crippen LogP contribution in [0.2, 0.25) is 0 Å². The summed E-state index contributed by atoms with van der Waals surface area (Å²) in [5.41, 5.74) is 3.64. The number of fused-ring (bicyclic) bond motifs is 1. The van der Waals surface area contributed by atoms with E-state index >= 15 is 4.39 Å². The molecule has 2 aromatic heterocycles. The summed E-state index contributed by atoms with van der Waals surface area (Å²) in [5.74, 6) is -0.393. The van der Waals surface area contributed by atoms with Crippen molar-refractivity contribution < 1.29 is 8.94 Å². The summed E-state index contributed by atoms with van der Waals surface area (Å²) in [6.07, 6.45) is 3.31. The van der Waals surface area contributed by atoms with Gasteiger partial charge in [0, 0.05) is 30.4 Å². The summed E-state index contributed by atoms with van der Waals surface area (Å²) >= 11 is -1.31. The summed E-state index contributed by atoms with van der Waals surface area (Å²) in [7, 11) is 0. The van der Waals surface area contributed by atoms with Crippen LogP contribution in [0.3, 0.4) is 0 Å². The van der Waals surface area contributed by atoms with Gasteiger partial charge in [-0.1, -0.05) is 18.2 Å². The van der Waals surface area contributed by atoms with E-state index < -0.39 is 17.2 Å². The molecular weight excluding hydrogens is 387 g/mol. The van der Waals surface area contributed by atoms with Crippen molar-refractivity contribution >= 4 is 22.5 Å². The van der Waals surface area contributed by atoms with Crippen LogP contribution in [-0.4, -0.2) is 36.9 Å². The SMILES string of the molecule is CCN(CC)[S+]([O-])c1ccccc1-c1ccc(-c2cnc3[nH]ccc3n2)c(F)c1. The molecule has 7 heteroatoms. The largest absolute Gasteiger partial charge is 0.593 e. The lowest BCUT2D eigenvalue weighted by molar-refractivity contribution is 0.445. The molecule has 1 atom stereocenters. The molecule has 0 spiro atoms. The Hall–Kier alpha value is -2.74. The fourth-order valence-electron chi connectivity index (χ4n) is 3.31. The predicted molar refractivity (Wildman–Crippen MR) is 114 cm³/mol. The molecule has 0 aliphatic carbocycles. The molecule has 1 N–H and O–H groups in total. The monoisotopic (exact) mass is 408 g/mol. The molecule has 5 nitrogen and oxygen atoms in total. The zero-order valence-electron chi connectivity index (χ0n) is 16.2. The summed E-state index contributed by atoms with van der Waals surface area (Å²) in [6, 6.07) is 14.2. The van der Waals surface area contributed by atoms with Crippen molar-refractivity contribution in [3.8, 4) is 22.4 Å². The molecule has 2 heterocycles. The highest BCUT2D eigenvalue weighted by molar-refractivity contribution is 7.89. The van der Waals surface area contributed by atoms with Gasteiger partial charge in [0.2, 0.25) is 0 Å². The molecule has 0 bridgehead atoms. The summed E-state index contributed by atoms with van der Waals surface area (Å²) < 4.78 is 29.9. The Kier molecular flexibility index (Phi) is 5.62. The van der Waals surface area contributed by atoms with E-state index in [1.165, 1.54) is 6.07 Å². The normalized spacial score (nSPS) is 12.6. The molecular formula is C22H21FN4OS. The van der Waals surface area contributed by atoms with Crippen LogP contribution in [-0.2, 0) is 11.4 Å². The molecule has 148 valence electrons. The van der Waals surface area contributed by atoms with E-state index in [-0.39, 0.29) is 0 Å². The van der Waals surface area contributed by atoms with Gasteiger partial charge in [-0.05, 0) is 49.7 Å². The Morgan fingerprint density at radius 1 is 1.07 bits per heavy atom. The van der Waals surface area contributed by atoms with Crippen molar-refractivity contribution in [2.45, 2.75) is 18.7 Å². The fraction of sp³-hybridized carbons (Fsp3) is 0.182. The highest BCUT2D eigenvalue weighted by Crippen LogP contribution is 2.32. The first-order valence-electron chi connectivity index (χ1n) is 9.48. The zero-order chi connectivity index (χ0) is 20.4. The van der Waals surface area contributed by atoms with Crippen molar-refractivity contribution in [1.82, 2.24) is 19.3 Å². The molecule has 4 aromatic rings. The summed E-state index contributed by atoms with van der Waals surface area (Å²) in [4.78, 5) is 12.4. The number of benzene rings is 2. The molecule has 0 aliphatic rings. The van der Waals surface area contributed by atoms with Crippen molar-refractivity contribution in [2.24, 2.45) is 0 Å². The smallest absolute Gasteiger partial charge is 0.181 e. The molecule has 0 amide bonds. The zero-order valence-corrected chi connectivity index (χ0v) is 17.0. The summed E-state index contributed by atoms with van der Waals surface area (Å²) in [6.45, 7) is 5.29. The maximum absolute atomic E-state index is 15.0. The number of hydrogen-bond donors (Lipinski definition) is 1. The Morgan fingerprint density at radius 2 is 1.86 bits per heavy atom. The quantitative estimate of drug-likeness (QED) is 0.466. The van der Waals surface area contributed by atoms with E-state index in [0.29, 0.717) is 46.0 Å². The van der Waals surface area contributed by atoms with Crippen LogP contribution in [0.5, 0.6) is 0 Å². The second kappa shape index (κ2) is 8.32. The standard InChI is InChI=1S/C22H21FN4OS/c1-3-27(4-2)29(28)21-8-6-5-7-16(21)15-9-10-17(18(23)13-15)20-14-25-22-19(26-20)11-12-24-22/h5-14H,3-4H2,1-2H3,(H,24,25). The Balaban J connectivity index is 1.73. The highest BCUT2D eigenvalue weighted by Gasteiger charge is 2.23. The van der Waals surface area contributed by atoms with Crippen LogP contribution >= 0.6 is 0 Å². The van der Waals surface area contributed by atoms with Gasteiger partial charge in [-0.25, -0.2) is 14.4 Å². The number of halogens is 1.